The molecule has 3 N–H and O–H groups in total. The summed E-state index contributed by atoms with van der Waals surface area (Å²) >= 11 is 2.73. The van der Waals surface area contributed by atoms with Gasteiger partial charge in [0, 0.05) is 10.4 Å². The van der Waals surface area contributed by atoms with E-state index in [0.717, 1.165) is 46.6 Å². The summed E-state index contributed by atoms with van der Waals surface area (Å²) in [6.07, 6.45) is 4.38. The number of anilines is 1. The number of nitrogens with two attached hydrogens (primary N) is 1. The van der Waals surface area contributed by atoms with Gasteiger partial charge in [0.2, 0.25) is 5.91 Å². The second-order valence-corrected chi connectivity index (χ2v) is 10.2. The van der Waals surface area contributed by atoms with Crippen molar-refractivity contribution >= 4 is 39.9 Å². The predicted molar refractivity (Wildman–Crippen MR) is 132 cm³/mol. The highest BCUT2D eigenvalue weighted by Gasteiger charge is 2.26. The third-order valence-corrected chi connectivity index (χ3v) is 7.81. The number of hydrogen-bond acceptors (Lipinski definition) is 7. The van der Waals surface area contributed by atoms with E-state index < -0.39 is 5.91 Å². The Balaban J connectivity index is 1.35. The summed E-state index contributed by atoms with van der Waals surface area (Å²) in [7, 11) is 0. The molecule has 1 aromatic carbocycles. The van der Waals surface area contributed by atoms with E-state index in [1.165, 1.54) is 23.1 Å². The van der Waals surface area contributed by atoms with E-state index in [9.17, 15) is 9.59 Å². The maximum atomic E-state index is 12.8. The minimum Gasteiger partial charge on any atom is -0.467 e. The molecule has 5 rings (SSSR count). The topological polar surface area (TPSA) is 116 Å². The van der Waals surface area contributed by atoms with Gasteiger partial charge in [-0.15, -0.1) is 21.5 Å². The van der Waals surface area contributed by atoms with Crippen molar-refractivity contribution in [1.82, 2.24) is 14.8 Å². The van der Waals surface area contributed by atoms with Gasteiger partial charge in [-0.05, 0) is 49.9 Å². The van der Waals surface area contributed by atoms with Crippen LogP contribution >= 0.6 is 23.1 Å². The first kappa shape index (κ1) is 22.4. The van der Waals surface area contributed by atoms with Crippen LogP contribution in [0.25, 0.3) is 11.4 Å². The van der Waals surface area contributed by atoms with Gasteiger partial charge in [0.25, 0.3) is 5.91 Å². The van der Waals surface area contributed by atoms with Crippen molar-refractivity contribution in [3.63, 3.8) is 0 Å². The molecule has 10 heteroatoms. The van der Waals surface area contributed by atoms with Crippen LogP contribution in [0.1, 0.15) is 38.5 Å². The summed E-state index contributed by atoms with van der Waals surface area (Å²) in [6.45, 7) is 2.47. The summed E-state index contributed by atoms with van der Waals surface area (Å²) in [6, 6.07) is 11.8. The van der Waals surface area contributed by atoms with Crippen LogP contribution in [0.3, 0.4) is 0 Å². The van der Waals surface area contributed by atoms with Gasteiger partial charge >= 0.3 is 0 Å². The number of thioether (sulfide) groups is 1. The number of aromatic nitrogens is 3. The zero-order valence-electron chi connectivity index (χ0n) is 18.5. The van der Waals surface area contributed by atoms with Gasteiger partial charge in [-0.25, -0.2) is 0 Å². The molecule has 4 aromatic rings. The lowest BCUT2D eigenvalue weighted by atomic mass is 10.1. The quantitative estimate of drug-likeness (QED) is 0.354. The molecule has 0 atom stereocenters. The summed E-state index contributed by atoms with van der Waals surface area (Å²) < 4.78 is 7.48. The SMILES string of the molecule is Cc1cccc(-c2nnc(SCC(=O)Nc3sc4c(c3C(N)=O)CCC4)n2Cc2ccco2)c1. The number of nitrogens with one attached hydrogen (secondary N) is 1. The van der Waals surface area contributed by atoms with Crippen molar-refractivity contribution in [2.24, 2.45) is 5.73 Å². The Morgan fingerprint density at radius 1 is 1.24 bits per heavy atom. The fourth-order valence-corrected chi connectivity index (χ4v) is 6.19. The van der Waals surface area contributed by atoms with Crippen molar-refractivity contribution < 1.29 is 14.0 Å². The Morgan fingerprint density at radius 2 is 2.12 bits per heavy atom. The van der Waals surface area contributed by atoms with E-state index in [1.54, 1.807) is 6.26 Å². The number of benzene rings is 1. The smallest absolute Gasteiger partial charge is 0.251 e. The second-order valence-electron chi connectivity index (χ2n) is 8.10. The highest BCUT2D eigenvalue weighted by molar-refractivity contribution is 7.99. The van der Waals surface area contributed by atoms with Gasteiger partial charge < -0.3 is 15.5 Å². The van der Waals surface area contributed by atoms with E-state index in [4.69, 9.17) is 10.2 Å². The fraction of sp³-hybridized carbons (Fsp3) is 0.250. The summed E-state index contributed by atoms with van der Waals surface area (Å²) in [5.41, 5.74) is 9.11. The minimum absolute atomic E-state index is 0.116. The van der Waals surface area contributed by atoms with Crippen molar-refractivity contribution in [3.8, 4) is 11.4 Å². The molecular formula is C24H23N5O3S2. The maximum absolute atomic E-state index is 12.8. The second kappa shape index (κ2) is 9.47. The molecule has 0 spiro atoms. The Labute approximate surface area is 204 Å². The highest BCUT2D eigenvalue weighted by atomic mass is 32.2. The molecular weight excluding hydrogens is 470 g/mol. The van der Waals surface area contributed by atoms with E-state index in [-0.39, 0.29) is 11.7 Å². The molecule has 1 aliphatic rings. The number of hydrogen-bond donors (Lipinski definition) is 2. The Kier molecular flexibility index (Phi) is 6.25. The summed E-state index contributed by atoms with van der Waals surface area (Å²) in [4.78, 5) is 25.9. The summed E-state index contributed by atoms with van der Waals surface area (Å²) in [5.74, 6) is 0.860. The maximum Gasteiger partial charge on any atom is 0.251 e. The molecule has 8 nitrogen and oxygen atoms in total. The van der Waals surface area contributed by atoms with Crippen molar-refractivity contribution in [3.05, 3.63) is 70.0 Å². The van der Waals surface area contributed by atoms with Crippen LogP contribution in [0.2, 0.25) is 0 Å². The molecule has 0 fully saturated rings. The van der Waals surface area contributed by atoms with Crippen molar-refractivity contribution in [2.75, 3.05) is 11.1 Å². The van der Waals surface area contributed by atoms with E-state index in [0.29, 0.717) is 28.1 Å². The van der Waals surface area contributed by atoms with Crippen LogP contribution in [0.4, 0.5) is 5.00 Å². The number of carbonyl (C=O) groups is 2. The van der Waals surface area contributed by atoms with Gasteiger partial charge in [-0.1, -0.05) is 35.5 Å². The van der Waals surface area contributed by atoms with Gasteiger partial charge in [0.15, 0.2) is 11.0 Å². The molecule has 0 bridgehead atoms. The van der Waals surface area contributed by atoms with Crippen molar-refractivity contribution in [2.45, 2.75) is 37.9 Å². The Bertz CT molecular complexity index is 1360. The van der Waals surface area contributed by atoms with Crippen LogP contribution in [0, 0.1) is 6.92 Å². The van der Waals surface area contributed by atoms with Crippen LogP contribution in [-0.4, -0.2) is 32.3 Å². The lowest BCUT2D eigenvalue weighted by Crippen LogP contribution is -2.19. The number of amides is 2. The zero-order chi connectivity index (χ0) is 23.7. The number of fused-ring (bicyclic) bond motifs is 1. The lowest BCUT2D eigenvalue weighted by Gasteiger charge is -2.10. The average Bonchev–Trinajstić information content (AvgIpc) is 3.57. The minimum atomic E-state index is -0.497. The Hall–Kier alpha value is -3.37. The molecule has 0 saturated heterocycles. The van der Waals surface area contributed by atoms with Gasteiger partial charge in [0.05, 0.1) is 24.1 Å². The highest BCUT2D eigenvalue weighted by Crippen LogP contribution is 2.39. The first-order valence-corrected chi connectivity index (χ1v) is 12.7. The van der Waals surface area contributed by atoms with Crippen LogP contribution in [0.15, 0.2) is 52.2 Å². The molecule has 1 aliphatic carbocycles. The van der Waals surface area contributed by atoms with E-state index in [2.05, 4.69) is 15.5 Å². The Morgan fingerprint density at radius 3 is 2.88 bits per heavy atom. The first-order chi connectivity index (χ1) is 16.5. The molecule has 174 valence electrons. The molecule has 0 radical (unpaired) electrons. The molecule has 2 amide bonds. The number of furan rings is 1. The van der Waals surface area contributed by atoms with Crippen molar-refractivity contribution in [1.29, 1.82) is 0 Å². The normalized spacial score (nSPS) is 12.6. The van der Waals surface area contributed by atoms with Gasteiger partial charge in [0.1, 0.15) is 10.8 Å². The van der Waals surface area contributed by atoms with E-state index in [1.807, 2.05) is 47.9 Å². The number of thiophene rings is 1. The number of carbonyl (C=O) groups excluding carboxylic acids is 2. The summed E-state index contributed by atoms with van der Waals surface area (Å²) in [5, 5.41) is 12.8. The van der Waals surface area contributed by atoms with Crippen LogP contribution < -0.4 is 11.1 Å². The number of nitrogens with zero attached hydrogens (tertiary/aromatic N) is 3. The number of rotatable bonds is 8. The molecule has 34 heavy (non-hydrogen) atoms. The molecule has 3 heterocycles. The first-order valence-electron chi connectivity index (χ1n) is 10.9. The van der Waals surface area contributed by atoms with Gasteiger partial charge in [-0.3, -0.25) is 14.2 Å². The van der Waals surface area contributed by atoms with E-state index >= 15 is 0 Å². The molecule has 0 aliphatic heterocycles. The van der Waals surface area contributed by atoms with Crippen LogP contribution in [0.5, 0.6) is 0 Å². The largest absolute Gasteiger partial charge is 0.467 e. The third kappa shape index (κ3) is 4.51. The standard InChI is InChI=1S/C24H23N5O3S2/c1-14-5-2-6-15(11-14)22-27-28-24(29(22)12-16-7-4-10-32-16)33-13-19(30)26-23-20(21(25)31)17-8-3-9-18(17)34-23/h2,4-7,10-11H,3,8-9,12-13H2,1H3,(H2,25,31)(H,26,30). The fourth-order valence-electron chi connectivity index (χ4n) is 4.14. The lowest BCUT2D eigenvalue weighted by molar-refractivity contribution is -0.113. The zero-order valence-corrected chi connectivity index (χ0v) is 20.2. The van der Waals surface area contributed by atoms with Gasteiger partial charge in [-0.2, -0.15) is 0 Å². The monoisotopic (exact) mass is 493 g/mol. The predicted octanol–water partition coefficient (Wildman–Crippen LogP) is 4.27. The van der Waals surface area contributed by atoms with Crippen LogP contribution in [-0.2, 0) is 24.2 Å². The molecule has 3 aromatic heterocycles. The molecule has 0 saturated carbocycles. The molecule has 0 unspecified atom stereocenters. The average molecular weight is 494 g/mol. The third-order valence-electron chi connectivity index (χ3n) is 5.64. The number of aryl methyl sites for hydroxylation is 2. The number of primary amides is 1.